The lowest BCUT2D eigenvalue weighted by Crippen LogP contribution is -2.24. The molecular weight excluding hydrogens is 456 g/mol. The topological polar surface area (TPSA) is 94.5 Å². The maximum absolute atomic E-state index is 13.1. The lowest BCUT2D eigenvalue weighted by Gasteiger charge is -2.17. The number of esters is 1. The molecule has 2 N–H and O–H groups in total. The first-order valence-corrected chi connectivity index (χ1v) is 12.7. The number of aromatic nitrogens is 2. The summed E-state index contributed by atoms with van der Waals surface area (Å²) >= 11 is 0. The summed E-state index contributed by atoms with van der Waals surface area (Å²) in [7, 11) is 1.35. The zero-order valence-corrected chi connectivity index (χ0v) is 21.5. The summed E-state index contributed by atoms with van der Waals surface area (Å²) in [5.41, 5.74) is 3.35. The standard InChI is InChI=1S/C28H36N4O4/c1-18(2)14-19(3)30-22-15-23-24(31-27(33)21-11-13-36-17-21)25(28(34)35-4)32(26(23)29-16-22)12-10-20-8-6-5-7-9-20/h5-9,15-16,18-19,21,30H,10-14,17H2,1-4H3,(H,31,33)/t19-,21-/m0/s1. The number of carbonyl (C=O) groups is 2. The molecule has 4 rings (SSSR count). The van der Waals surface area contributed by atoms with Crippen molar-refractivity contribution in [1.29, 1.82) is 0 Å². The number of rotatable bonds is 10. The Bertz CT molecular complexity index is 1200. The molecule has 0 aliphatic carbocycles. The van der Waals surface area contributed by atoms with Crippen LogP contribution in [0.3, 0.4) is 0 Å². The number of benzene rings is 1. The lowest BCUT2D eigenvalue weighted by molar-refractivity contribution is -0.119. The predicted molar refractivity (Wildman–Crippen MR) is 141 cm³/mol. The van der Waals surface area contributed by atoms with E-state index in [-0.39, 0.29) is 17.9 Å². The number of methoxy groups -OCH3 is 1. The molecule has 0 spiro atoms. The fourth-order valence-corrected chi connectivity index (χ4v) is 4.86. The van der Waals surface area contributed by atoms with Crippen LogP contribution in [0.1, 0.15) is 49.7 Å². The Hall–Kier alpha value is -3.39. The van der Waals surface area contributed by atoms with Gasteiger partial charge in [-0.25, -0.2) is 9.78 Å². The van der Waals surface area contributed by atoms with E-state index in [4.69, 9.17) is 14.5 Å². The quantitative estimate of drug-likeness (QED) is 0.392. The van der Waals surface area contributed by atoms with E-state index in [9.17, 15) is 9.59 Å². The van der Waals surface area contributed by atoms with Gasteiger partial charge in [0.2, 0.25) is 5.91 Å². The summed E-state index contributed by atoms with van der Waals surface area (Å²) in [6.45, 7) is 7.97. The minimum Gasteiger partial charge on any atom is -0.464 e. The third-order valence-electron chi connectivity index (χ3n) is 6.53. The van der Waals surface area contributed by atoms with Crippen LogP contribution in [0.5, 0.6) is 0 Å². The Morgan fingerprint density at radius 1 is 1.22 bits per heavy atom. The van der Waals surface area contributed by atoms with Gasteiger partial charge in [0.25, 0.3) is 0 Å². The SMILES string of the molecule is COC(=O)c1c(NC(=O)[C@H]2CCOC2)c2cc(N[C@@H](C)CC(C)C)cnc2n1CCc1ccccc1. The molecule has 36 heavy (non-hydrogen) atoms. The zero-order chi connectivity index (χ0) is 25.7. The number of hydrogen-bond donors (Lipinski definition) is 2. The van der Waals surface area contributed by atoms with Crippen molar-refractivity contribution in [3.05, 3.63) is 53.9 Å². The van der Waals surface area contributed by atoms with Gasteiger partial charge in [-0.15, -0.1) is 0 Å². The van der Waals surface area contributed by atoms with Gasteiger partial charge in [-0.05, 0) is 43.7 Å². The van der Waals surface area contributed by atoms with Crippen LogP contribution in [-0.4, -0.2) is 47.8 Å². The molecule has 2 aromatic heterocycles. The van der Waals surface area contributed by atoms with E-state index in [1.54, 1.807) is 6.20 Å². The number of pyridine rings is 1. The highest BCUT2D eigenvalue weighted by Gasteiger charge is 2.30. The first-order valence-electron chi connectivity index (χ1n) is 12.7. The number of amides is 1. The summed E-state index contributed by atoms with van der Waals surface area (Å²) < 4.78 is 12.4. The number of carbonyl (C=O) groups excluding carboxylic acids is 2. The highest BCUT2D eigenvalue weighted by atomic mass is 16.5. The van der Waals surface area contributed by atoms with Crippen molar-refractivity contribution in [2.24, 2.45) is 11.8 Å². The molecular formula is C28H36N4O4. The Labute approximate surface area is 212 Å². The summed E-state index contributed by atoms with van der Waals surface area (Å²) in [6, 6.07) is 12.3. The molecule has 192 valence electrons. The Balaban J connectivity index is 1.77. The van der Waals surface area contributed by atoms with Crippen LogP contribution in [0.15, 0.2) is 42.6 Å². The van der Waals surface area contributed by atoms with Crippen molar-refractivity contribution in [3.8, 4) is 0 Å². The average molecular weight is 493 g/mol. The molecule has 3 aromatic rings. The second-order valence-electron chi connectivity index (χ2n) is 9.92. The maximum atomic E-state index is 13.1. The van der Waals surface area contributed by atoms with Crippen molar-refractivity contribution in [2.75, 3.05) is 31.0 Å². The van der Waals surface area contributed by atoms with Crippen LogP contribution in [0.4, 0.5) is 11.4 Å². The number of nitrogens with zero attached hydrogens (tertiary/aromatic N) is 2. The molecule has 1 aromatic carbocycles. The minimum absolute atomic E-state index is 0.161. The van der Waals surface area contributed by atoms with Gasteiger partial charge in [-0.2, -0.15) is 0 Å². The largest absolute Gasteiger partial charge is 0.464 e. The molecule has 8 nitrogen and oxygen atoms in total. The van der Waals surface area contributed by atoms with Crippen LogP contribution >= 0.6 is 0 Å². The molecule has 3 heterocycles. The van der Waals surface area contributed by atoms with Crippen LogP contribution in [0.2, 0.25) is 0 Å². The number of hydrogen-bond acceptors (Lipinski definition) is 6. The summed E-state index contributed by atoms with van der Waals surface area (Å²) in [6.07, 6.45) is 4.15. The van der Waals surface area contributed by atoms with Crippen LogP contribution in [-0.2, 0) is 27.2 Å². The van der Waals surface area contributed by atoms with Gasteiger partial charge in [-0.3, -0.25) is 4.79 Å². The number of ether oxygens (including phenoxy) is 2. The van der Waals surface area contributed by atoms with Gasteiger partial charge in [-0.1, -0.05) is 44.2 Å². The van der Waals surface area contributed by atoms with Crippen molar-refractivity contribution < 1.29 is 19.1 Å². The van der Waals surface area contributed by atoms with E-state index in [0.717, 1.165) is 17.7 Å². The van der Waals surface area contributed by atoms with Gasteiger partial charge < -0.3 is 24.7 Å². The molecule has 2 atom stereocenters. The fourth-order valence-electron chi connectivity index (χ4n) is 4.86. The van der Waals surface area contributed by atoms with E-state index in [0.29, 0.717) is 60.9 Å². The van der Waals surface area contributed by atoms with E-state index in [1.165, 1.54) is 7.11 Å². The second-order valence-corrected chi connectivity index (χ2v) is 9.92. The third kappa shape index (κ3) is 5.87. The van der Waals surface area contributed by atoms with Crippen molar-refractivity contribution in [1.82, 2.24) is 9.55 Å². The van der Waals surface area contributed by atoms with Crippen molar-refractivity contribution >= 4 is 34.3 Å². The van der Waals surface area contributed by atoms with Gasteiger partial charge in [0.05, 0.1) is 37.2 Å². The van der Waals surface area contributed by atoms with E-state index in [1.807, 2.05) is 28.8 Å². The minimum atomic E-state index is -0.512. The highest BCUT2D eigenvalue weighted by Crippen LogP contribution is 2.34. The smallest absolute Gasteiger partial charge is 0.356 e. The van der Waals surface area contributed by atoms with Crippen molar-refractivity contribution in [3.63, 3.8) is 0 Å². The van der Waals surface area contributed by atoms with Gasteiger partial charge in [0.15, 0.2) is 5.69 Å². The Morgan fingerprint density at radius 3 is 2.67 bits per heavy atom. The summed E-state index contributed by atoms with van der Waals surface area (Å²) in [5.74, 6) is -0.371. The fraction of sp³-hybridized carbons (Fsp3) is 0.464. The molecule has 1 aliphatic rings. The van der Waals surface area contributed by atoms with Gasteiger partial charge >= 0.3 is 5.97 Å². The molecule has 0 unspecified atom stereocenters. The van der Waals surface area contributed by atoms with Crippen LogP contribution in [0, 0.1) is 11.8 Å². The second kappa shape index (κ2) is 11.6. The average Bonchev–Trinajstić information content (AvgIpc) is 3.49. The monoisotopic (exact) mass is 492 g/mol. The zero-order valence-electron chi connectivity index (χ0n) is 21.5. The molecule has 0 bridgehead atoms. The van der Waals surface area contributed by atoms with Gasteiger partial charge in [0, 0.05) is 24.6 Å². The number of nitrogens with one attached hydrogen (secondary N) is 2. The molecule has 1 amide bonds. The van der Waals surface area contributed by atoms with Crippen molar-refractivity contribution in [2.45, 2.75) is 52.6 Å². The number of aryl methyl sites for hydroxylation is 2. The molecule has 8 heteroatoms. The predicted octanol–water partition coefficient (Wildman–Crippen LogP) is 4.89. The Morgan fingerprint density at radius 2 is 2.00 bits per heavy atom. The van der Waals surface area contributed by atoms with E-state index < -0.39 is 5.97 Å². The number of anilines is 2. The summed E-state index contributed by atoms with van der Waals surface area (Å²) in [5, 5.41) is 7.25. The molecule has 1 fully saturated rings. The molecule has 0 radical (unpaired) electrons. The van der Waals surface area contributed by atoms with Crippen LogP contribution in [0.25, 0.3) is 11.0 Å². The summed E-state index contributed by atoms with van der Waals surface area (Å²) in [4.78, 5) is 30.9. The number of fused-ring (bicyclic) bond motifs is 1. The molecule has 1 aliphatic heterocycles. The highest BCUT2D eigenvalue weighted by molar-refractivity contribution is 6.11. The van der Waals surface area contributed by atoms with Crippen LogP contribution < -0.4 is 10.6 Å². The third-order valence-corrected chi connectivity index (χ3v) is 6.53. The van der Waals surface area contributed by atoms with Gasteiger partial charge in [0.1, 0.15) is 5.65 Å². The maximum Gasteiger partial charge on any atom is 0.356 e. The Kier molecular flexibility index (Phi) is 8.25. The molecule has 0 saturated carbocycles. The van der Waals surface area contributed by atoms with E-state index >= 15 is 0 Å². The molecule has 1 saturated heterocycles. The normalized spacial score (nSPS) is 16.3. The van der Waals surface area contributed by atoms with E-state index in [2.05, 4.69) is 43.5 Å². The lowest BCUT2D eigenvalue weighted by atomic mass is 10.1. The first kappa shape index (κ1) is 25.7. The first-order chi connectivity index (χ1) is 17.4.